The van der Waals surface area contributed by atoms with Crippen LogP contribution in [0, 0.1) is 0 Å². The first kappa shape index (κ1) is 15.1. The summed E-state index contributed by atoms with van der Waals surface area (Å²) in [7, 11) is 1.23. The van der Waals surface area contributed by atoms with Crippen molar-refractivity contribution in [2.45, 2.75) is 44.9 Å². The number of likely N-dealkylation sites (tertiary alicyclic amines) is 1. The fourth-order valence-electron chi connectivity index (χ4n) is 1.88. The smallest absolute Gasteiger partial charge is 0.410 e. The summed E-state index contributed by atoms with van der Waals surface area (Å²) < 4.78 is 9.87. The molecule has 1 amide bonds. The maximum absolute atomic E-state index is 12.0. The van der Waals surface area contributed by atoms with Crippen molar-refractivity contribution in [1.82, 2.24) is 4.90 Å². The van der Waals surface area contributed by atoms with Crippen LogP contribution < -0.4 is 0 Å². The van der Waals surface area contributed by atoms with Crippen LogP contribution in [0.5, 0.6) is 0 Å². The SMILES string of the molecule is COC(=O)N1C[C@H](N=[N+]=[N-])C[C@H]1C(=O)OC(C)(C)C. The molecule has 0 bridgehead atoms. The summed E-state index contributed by atoms with van der Waals surface area (Å²) in [4.78, 5) is 27.6. The largest absolute Gasteiger partial charge is 0.458 e. The Morgan fingerprint density at radius 3 is 2.53 bits per heavy atom. The van der Waals surface area contributed by atoms with Crippen LogP contribution in [0.4, 0.5) is 4.79 Å². The molecule has 0 radical (unpaired) electrons. The van der Waals surface area contributed by atoms with Crippen LogP contribution in [0.2, 0.25) is 0 Å². The molecular formula is C11H18N4O4. The number of azide groups is 1. The Hall–Kier alpha value is -1.95. The van der Waals surface area contributed by atoms with E-state index < -0.39 is 29.7 Å². The van der Waals surface area contributed by atoms with Gasteiger partial charge in [0.2, 0.25) is 0 Å². The summed E-state index contributed by atoms with van der Waals surface area (Å²) in [5, 5.41) is 3.54. The number of carbonyl (C=O) groups is 2. The van der Waals surface area contributed by atoms with Gasteiger partial charge in [-0.1, -0.05) is 5.11 Å². The Morgan fingerprint density at radius 2 is 2.05 bits per heavy atom. The number of hydrogen-bond acceptors (Lipinski definition) is 5. The minimum Gasteiger partial charge on any atom is -0.458 e. The van der Waals surface area contributed by atoms with Crippen LogP contribution in [-0.2, 0) is 14.3 Å². The molecule has 1 fully saturated rings. The van der Waals surface area contributed by atoms with Crippen LogP contribution in [0.1, 0.15) is 27.2 Å². The summed E-state index contributed by atoms with van der Waals surface area (Å²) in [6, 6.07) is -1.22. The lowest BCUT2D eigenvalue weighted by Gasteiger charge is -2.26. The molecule has 0 saturated carbocycles. The van der Waals surface area contributed by atoms with Crippen LogP contribution >= 0.6 is 0 Å². The van der Waals surface area contributed by atoms with Gasteiger partial charge < -0.3 is 9.47 Å². The Balaban J connectivity index is 2.85. The summed E-state index contributed by atoms with van der Waals surface area (Å²) >= 11 is 0. The van der Waals surface area contributed by atoms with Gasteiger partial charge in [0.15, 0.2) is 0 Å². The highest BCUT2D eigenvalue weighted by molar-refractivity contribution is 5.82. The summed E-state index contributed by atoms with van der Waals surface area (Å²) in [5.41, 5.74) is 7.78. The number of carbonyl (C=O) groups excluding carboxylic acids is 2. The van der Waals surface area contributed by atoms with Crippen molar-refractivity contribution in [2.75, 3.05) is 13.7 Å². The maximum Gasteiger partial charge on any atom is 0.410 e. The molecule has 2 atom stereocenters. The van der Waals surface area contributed by atoms with E-state index in [1.165, 1.54) is 12.0 Å². The van der Waals surface area contributed by atoms with Gasteiger partial charge in [0.05, 0.1) is 13.2 Å². The molecule has 0 N–H and O–H groups in total. The maximum atomic E-state index is 12.0. The van der Waals surface area contributed by atoms with E-state index in [4.69, 9.17) is 10.3 Å². The monoisotopic (exact) mass is 270 g/mol. The first-order valence-electron chi connectivity index (χ1n) is 5.90. The molecule has 0 unspecified atom stereocenters. The molecule has 1 saturated heterocycles. The number of amides is 1. The van der Waals surface area contributed by atoms with Crippen LogP contribution in [0.25, 0.3) is 10.4 Å². The van der Waals surface area contributed by atoms with Gasteiger partial charge in [-0.15, -0.1) is 0 Å². The molecule has 1 aliphatic rings. The minimum atomic E-state index is -0.776. The van der Waals surface area contributed by atoms with Gasteiger partial charge in [-0.05, 0) is 32.7 Å². The first-order valence-corrected chi connectivity index (χ1v) is 5.90. The Kier molecular flexibility index (Phi) is 4.61. The quantitative estimate of drug-likeness (QED) is 0.330. The fourth-order valence-corrected chi connectivity index (χ4v) is 1.88. The van der Waals surface area contributed by atoms with Crippen molar-refractivity contribution in [3.05, 3.63) is 10.4 Å². The minimum absolute atomic E-state index is 0.153. The van der Waals surface area contributed by atoms with Crippen molar-refractivity contribution >= 4 is 12.1 Å². The lowest BCUT2D eigenvalue weighted by Crippen LogP contribution is -2.43. The van der Waals surface area contributed by atoms with E-state index in [9.17, 15) is 9.59 Å². The van der Waals surface area contributed by atoms with Gasteiger partial charge in [-0.25, -0.2) is 9.59 Å². The molecule has 1 rings (SSSR count). The highest BCUT2D eigenvalue weighted by atomic mass is 16.6. The van der Waals surface area contributed by atoms with Crippen LogP contribution in [-0.4, -0.2) is 48.3 Å². The Bertz CT molecular complexity index is 411. The summed E-state index contributed by atoms with van der Waals surface area (Å²) in [6.07, 6.45) is -0.389. The second-order valence-electron chi connectivity index (χ2n) is 5.27. The zero-order valence-corrected chi connectivity index (χ0v) is 11.5. The molecule has 1 heterocycles. The number of rotatable bonds is 2. The molecule has 1 aliphatic heterocycles. The van der Waals surface area contributed by atoms with E-state index in [2.05, 4.69) is 14.8 Å². The van der Waals surface area contributed by atoms with Gasteiger partial charge in [0, 0.05) is 11.5 Å². The molecule has 8 heteroatoms. The third-order valence-corrected chi connectivity index (χ3v) is 2.58. The molecule has 0 aliphatic carbocycles. The predicted octanol–water partition coefficient (Wildman–Crippen LogP) is 1.85. The predicted molar refractivity (Wildman–Crippen MR) is 66.3 cm³/mol. The number of esters is 1. The van der Waals surface area contributed by atoms with Gasteiger partial charge in [0.1, 0.15) is 11.6 Å². The Labute approximate surface area is 111 Å². The molecule has 0 aromatic carbocycles. The zero-order chi connectivity index (χ0) is 14.6. The van der Waals surface area contributed by atoms with Crippen molar-refractivity contribution in [1.29, 1.82) is 0 Å². The third-order valence-electron chi connectivity index (χ3n) is 2.58. The molecule has 19 heavy (non-hydrogen) atoms. The fraction of sp³-hybridized carbons (Fsp3) is 0.818. The molecular weight excluding hydrogens is 252 g/mol. The van der Waals surface area contributed by atoms with Crippen molar-refractivity contribution < 1.29 is 19.1 Å². The molecule has 0 aromatic rings. The van der Waals surface area contributed by atoms with Gasteiger partial charge in [-0.3, -0.25) is 4.90 Å². The van der Waals surface area contributed by atoms with Crippen molar-refractivity contribution in [3.63, 3.8) is 0 Å². The molecule has 8 nitrogen and oxygen atoms in total. The standard InChI is InChI=1S/C11H18N4O4/c1-11(2,3)19-9(16)8-5-7(13-14-12)6-15(8)10(17)18-4/h7-8H,5-6H2,1-4H3/t7-,8+/m1/s1. The molecule has 0 spiro atoms. The molecule has 0 aromatic heterocycles. The molecule has 106 valence electrons. The summed E-state index contributed by atoms with van der Waals surface area (Å²) in [5.74, 6) is -0.520. The number of methoxy groups -OCH3 is 1. The second kappa shape index (κ2) is 5.79. The lowest BCUT2D eigenvalue weighted by atomic mass is 10.1. The average Bonchev–Trinajstić information content (AvgIpc) is 2.70. The van der Waals surface area contributed by atoms with E-state index >= 15 is 0 Å². The van der Waals surface area contributed by atoms with Crippen molar-refractivity contribution in [2.24, 2.45) is 5.11 Å². The third kappa shape index (κ3) is 4.03. The van der Waals surface area contributed by atoms with E-state index in [-0.39, 0.29) is 13.0 Å². The van der Waals surface area contributed by atoms with Gasteiger partial charge in [0.25, 0.3) is 0 Å². The first-order chi connectivity index (χ1) is 8.78. The Morgan fingerprint density at radius 1 is 1.42 bits per heavy atom. The van der Waals surface area contributed by atoms with Gasteiger partial charge >= 0.3 is 12.1 Å². The number of nitrogens with zero attached hydrogens (tertiary/aromatic N) is 4. The average molecular weight is 270 g/mol. The van der Waals surface area contributed by atoms with Gasteiger partial charge in [-0.2, -0.15) is 0 Å². The summed E-state index contributed by atoms with van der Waals surface area (Å²) in [6.45, 7) is 5.38. The van der Waals surface area contributed by atoms with Crippen molar-refractivity contribution in [3.8, 4) is 0 Å². The second-order valence-corrected chi connectivity index (χ2v) is 5.27. The van der Waals surface area contributed by atoms with E-state index in [0.29, 0.717) is 0 Å². The van der Waals surface area contributed by atoms with Crippen LogP contribution in [0.3, 0.4) is 0 Å². The highest BCUT2D eigenvalue weighted by Crippen LogP contribution is 2.24. The number of hydrogen-bond donors (Lipinski definition) is 0. The van der Waals surface area contributed by atoms with Crippen LogP contribution in [0.15, 0.2) is 5.11 Å². The zero-order valence-electron chi connectivity index (χ0n) is 11.5. The van der Waals surface area contributed by atoms with E-state index in [1.807, 2.05) is 0 Å². The lowest BCUT2D eigenvalue weighted by molar-refractivity contribution is -0.159. The number of ether oxygens (including phenoxy) is 2. The van der Waals surface area contributed by atoms with E-state index in [1.54, 1.807) is 20.8 Å². The van der Waals surface area contributed by atoms with E-state index in [0.717, 1.165) is 0 Å². The highest BCUT2D eigenvalue weighted by Gasteiger charge is 2.41. The topological polar surface area (TPSA) is 105 Å². The normalized spacial score (nSPS) is 22.6.